The van der Waals surface area contributed by atoms with Gasteiger partial charge >= 0.3 is 0 Å². The summed E-state index contributed by atoms with van der Waals surface area (Å²) in [5.41, 5.74) is 0. The fourth-order valence-corrected chi connectivity index (χ4v) is 3.08. The lowest BCUT2D eigenvalue weighted by atomic mass is 9.99. The molecule has 1 heterocycles. The van der Waals surface area contributed by atoms with Crippen molar-refractivity contribution in [3.63, 3.8) is 0 Å². The van der Waals surface area contributed by atoms with E-state index in [-0.39, 0.29) is 18.3 Å². The van der Waals surface area contributed by atoms with Gasteiger partial charge < -0.3 is 0 Å². The van der Waals surface area contributed by atoms with E-state index in [1.807, 2.05) is 0 Å². The van der Waals surface area contributed by atoms with Gasteiger partial charge in [0.05, 0.1) is 6.26 Å². The SMILES string of the molecule is C[C@@]1(Cl)C(=O)N(S(C)(=O)=O)C[C@@H]1CCl. The van der Waals surface area contributed by atoms with Crippen molar-refractivity contribution < 1.29 is 13.2 Å². The highest BCUT2D eigenvalue weighted by atomic mass is 35.5. The molecule has 0 N–H and O–H groups in total. The van der Waals surface area contributed by atoms with E-state index in [9.17, 15) is 13.2 Å². The number of nitrogens with zero attached hydrogens (tertiary/aromatic N) is 1. The predicted octanol–water partition coefficient (Wildman–Crippen LogP) is 0.641. The first-order valence-corrected chi connectivity index (χ1v) is 6.74. The molecule has 0 aliphatic carbocycles. The summed E-state index contributed by atoms with van der Waals surface area (Å²) in [4.78, 5) is 10.4. The van der Waals surface area contributed by atoms with Crippen molar-refractivity contribution in [1.29, 1.82) is 0 Å². The number of alkyl halides is 2. The van der Waals surface area contributed by atoms with E-state index in [4.69, 9.17) is 23.2 Å². The third-order valence-corrected chi connectivity index (χ3v) is 4.34. The van der Waals surface area contributed by atoms with E-state index in [0.29, 0.717) is 0 Å². The highest BCUT2D eigenvalue weighted by molar-refractivity contribution is 7.88. The molecule has 2 atom stereocenters. The van der Waals surface area contributed by atoms with Crippen molar-refractivity contribution in [2.45, 2.75) is 11.8 Å². The molecule has 1 fully saturated rings. The van der Waals surface area contributed by atoms with Crippen LogP contribution in [0.4, 0.5) is 0 Å². The maximum Gasteiger partial charge on any atom is 0.257 e. The van der Waals surface area contributed by atoms with Gasteiger partial charge in [-0.15, -0.1) is 23.2 Å². The van der Waals surface area contributed by atoms with Crippen LogP contribution in [-0.2, 0) is 14.8 Å². The Morgan fingerprint density at radius 1 is 1.64 bits per heavy atom. The molecule has 7 heteroatoms. The zero-order chi connectivity index (χ0) is 11.1. The van der Waals surface area contributed by atoms with Gasteiger partial charge in [0.2, 0.25) is 10.0 Å². The Labute approximate surface area is 93.2 Å². The summed E-state index contributed by atoms with van der Waals surface area (Å²) in [6, 6.07) is 0. The number of hydrogen-bond acceptors (Lipinski definition) is 3. The average molecular weight is 260 g/mol. The van der Waals surface area contributed by atoms with Crippen LogP contribution < -0.4 is 0 Å². The summed E-state index contributed by atoms with van der Waals surface area (Å²) >= 11 is 11.6. The largest absolute Gasteiger partial charge is 0.272 e. The molecule has 82 valence electrons. The summed E-state index contributed by atoms with van der Waals surface area (Å²) in [6.45, 7) is 1.57. The second-order valence-corrected chi connectivity index (χ2v) is 6.53. The van der Waals surface area contributed by atoms with Crippen LogP contribution >= 0.6 is 23.2 Å². The van der Waals surface area contributed by atoms with Gasteiger partial charge in [-0.05, 0) is 6.92 Å². The lowest BCUT2D eigenvalue weighted by Gasteiger charge is -2.18. The molecule has 0 aromatic rings. The van der Waals surface area contributed by atoms with Crippen molar-refractivity contribution in [2.24, 2.45) is 5.92 Å². The van der Waals surface area contributed by atoms with Crippen LogP contribution in [0.15, 0.2) is 0 Å². The molecule has 0 spiro atoms. The van der Waals surface area contributed by atoms with Crippen LogP contribution in [0.25, 0.3) is 0 Å². The summed E-state index contributed by atoms with van der Waals surface area (Å²) < 4.78 is 23.2. The quantitative estimate of drug-likeness (QED) is 0.685. The Bertz CT molecular complexity index is 352. The minimum absolute atomic E-state index is 0.0706. The molecule has 0 unspecified atom stereocenters. The average Bonchev–Trinajstić information content (AvgIpc) is 2.23. The summed E-state index contributed by atoms with van der Waals surface area (Å²) in [5, 5.41) is 0. The van der Waals surface area contributed by atoms with Crippen molar-refractivity contribution in [3.05, 3.63) is 0 Å². The van der Waals surface area contributed by atoms with Gasteiger partial charge in [0.1, 0.15) is 4.87 Å². The van der Waals surface area contributed by atoms with Gasteiger partial charge in [-0.3, -0.25) is 4.79 Å². The molecule has 1 amide bonds. The Morgan fingerprint density at radius 2 is 2.14 bits per heavy atom. The third kappa shape index (κ3) is 1.85. The van der Waals surface area contributed by atoms with E-state index in [1.54, 1.807) is 0 Å². The third-order valence-electron chi connectivity index (χ3n) is 2.38. The van der Waals surface area contributed by atoms with E-state index >= 15 is 0 Å². The lowest BCUT2D eigenvalue weighted by Crippen LogP contribution is -2.38. The van der Waals surface area contributed by atoms with E-state index < -0.39 is 20.8 Å². The molecule has 0 aromatic carbocycles. The van der Waals surface area contributed by atoms with Crippen molar-refractivity contribution in [2.75, 3.05) is 18.7 Å². The summed E-state index contributed by atoms with van der Waals surface area (Å²) in [5.74, 6) is -0.766. The van der Waals surface area contributed by atoms with Gasteiger partial charge in [-0.2, -0.15) is 0 Å². The zero-order valence-corrected chi connectivity index (χ0v) is 10.2. The zero-order valence-electron chi connectivity index (χ0n) is 7.83. The van der Waals surface area contributed by atoms with Gasteiger partial charge in [-0.1, -0.05) is 0 Å². The Balaban J connectivity index is 3.06. The minimum atomic E-state index is -3.53. The van der Waals surface area contributed by atoms with Crippen LogP contribution in [0, 0.1) is 5.92 Å². The number of rotatable bonds is 2. The topological polar surface area (TPSA) is 54.5 Å². The van der Waals surface area contributed by atoms with Crippen molar-refractivity contribution >= 4 is 39.1 Å². The highest BCUT2D eigenvalue weighted by Crippen LogP contribution is 2.36. The van der Waals surface area contributed by atoms with E-state index in [1.165, 1.54) is 6.92 Å². The number of sulfonamides is 1. The number of hydrogen-bond donors (Lipinski definition) is 0. The molecule has 1 rings (SSSR count). The number of amides is 1. The maximum absolute atomic E-state index is 11.6. The number of carbonyl (C=O) groups is 1. The molecular weight excluding hydrogens is 249 g/mol. The Hall–Kier alpha value is -0.000000000000000111. The van der Waals surface area contributed by atoms with Crippen LogP contribution in [-0.4, -0.2) is 42.2 Å². The normalized spacial score (nSPS) is 33.9. The minimum Gasteiger partial charge on any atom is -0.272 e. The molecule has 1 aliphatic rings. The molecule has 0 saturated carbocycles. The summed E-state index contributed by atoms with van der Waals surface area (Å²) in [7, 11) is -3.53. The van der Waals surface area contributed by atoms with Crippen molar-refractivity contribution in [1.82, 2.24) is 4.31 Å². The Kier molecular flexibility index (Phi) is 3.05. The molecule has 0 aromatic heterocycles. The second kappa shape index (κ2) is 3.54. The molecule has 0 bridgehead atoms. The number of halogens is 2. The molecule has 14 heavy (non-hydrogen) atoms. The monoisotopic (exact) mass is 259 g/mol. The fraction of sp³-hybridized carbons (Fsp3) is 0.857. The lowest BCUT2D eigenvalue weighted by molar-refractivity contribution is -0.125. The van der Waals surface area contributed by atoms with Crippen LogP contribution in [0.2, 0.25) is 0 Å². The molecule has 1 saturated heterocycles. The Morgan fingerprint density at radius 3 is 2.36 bits per heavy atom. The van der Waals surface area contributed by atoms with Crippen LogP contribution in [0.3, 0.4) is 0 Å². The fourth-order valence-electron chi connectivity index (χ4n) is 1.35. The first-order chi connectivity index (χ1) is 6.21. The smallest absolute Gasteiger partial charge is 0.257 e. The predicted molar refractivity (Wildman–Crippen MR) is 55.0 cm³/mol. The molecular formula is C7H11Cl2NO3S. The molecule has 4 nitrogen and oxygen atoms in total. The van der Waals surface area contributed by atoms with Gasteiger partial charge in [0.25, 0.3) is 5.91 Å². The van der Waals surface area contributed by atoms with Gasteiger partial charge in [0, 0.05) is 18.3 Å². The van der Waals surface area contributed by atoms with Gasteiger partial charge in [0.15, 0.2) is 0 Å². The standard InChI is InChI=1S/C7H11Cl2NO3S/c1-7(9)5(3-8)4-10(6(7)11)14(2,12)13/h5H,3-4H2,1-2H3/t5-,7-/m0/s1. The van der Waals surface area contributed by atoms with Crippen LogP contribution in [0.1, 0.15) is 6.92 Å². The summed E-state index contributed by atoms with van der Waals surface area (Å²) in [6.07, 6.45) is 0.981. The van der Waals surface area contributed by atoms with E-state index in [0.717, 1.165) is 10.6 Å². The van der Waals surface area contributed by atoms with Crippen LogP contribution in [0.5, 0.6) is 0 Å². The molecule has 0 radical (unpaired) electrons. The van der Waals surface area contributed by atoms with E-state index in [2.05, 4.69) is 0 Å². The van der Waals surface area contributed by atoms with Gasteiger partial charge in [-0.25, -0.2) is 12.7 Å². The first kappa shape index (κ1) is 12.1. The first-order valence-electron chi connectivity index (χ1n) is 3.98. The van der Waals surface area contributed by atoms with Crippen molar-refractivity contribution in [3.8, 4) is 0 Å². The molecule has 1 aliphatic heterocycles. The number of carbonyl (C=O) groups excluding carboxylic acids is 1. The second-order valence-electron chi connectivity index (χ2n) is 3.53. The maximum atomic E-state index is 11.6. The highest BCUT2D eigenvalue weighted by Gasteiger charge is 2.51.